The Morgan fingerprint density at radius 1 is 1.19 bits per heavy atom. The fourth-order valence-corrected chi connectivity index (χ4v) is 3.19. The second kappa shape index (κ2) is 5.53. The summed E-state index contributed by atoms with van der Waals surface area (Å²) in [4.78, 5) is 20.6. The van der Waals surface area contributed by atoms with E-state index in [1.54, 1.807) is 0 Å². The number of hydrogen-bond donors (Lipinski definition) is 1. The van der Waals surface area contributed by atoms with Crippen molar-refractivity contribution in [3.63, 3.8) is 0 Å². The molecule has 2 aromatic rings. The number of carbonyl (C=O) groups excluding carboxylic acids is 1. The van der Waals surface area contributed by atoms with E-state index in [0.717, 1.165) is 54.9 Å². The van der Waals surface area contributed by atoms with Crippen molar-refractivity contribution in [1.29, 1.82) is 0 Å². The van der Waals surface area contributed by atoms with Crippen LogP contribution in [0.15, 0.2) is 18.2 Å². The maximum Gasteiger partial charge on any atom is 0.256 e. The number of aromatic amines is 1. The molecule has 1 fully saturated rings. The lowest BCUT2D eigenvalue weighted by molar-refractivity contribution is 0.0644. The quantitative estimate of drug-likeness (QED) is 0.921. The lowest BCUT2D eigenvalue weighted by Crippen LogP contribution is -2.48. The molecule has 1 aliphatic rings. The van der Waals surface area contributed by atoms with Crippen LogP contribution in [0.2, 0.25) is 0 Å². The van der Waals surface area contributed by atoms with Gasteiger partial charge >= 0.3 is 0 Å². The Morgan fingerprint density at radius 3 is 2.57 bits per heavy atom. The Labute approximate surface area is 125 Å². The second-order valence-electron chi connectivity index (χ2n) is 5.85. The Kier molecular flexibility index (Phi) is 3.72. The average molecular weight is 285 g/mol. The van der Waals surface area contributed by atoms with E-state index in [9.17, 15) is 4.79 Å². The fourth-order valence-electron chi connectivity index (χ4n) is 3.19. The number of H-pyrrole nitrogens is 1. The van der Waals surface area contributed by atoms with Gasteiger partial charge in [-0.2, -0.15) is 0 Å². The van der Waals surface area contributed by atoms with Crippen molar-refractivity contribution in [3.8, 4) is 0 Å². The molecule has 4 heteroatoms. The molecule has 0 spiro atoms. The topological polar surface area (TPSA) is 39.3 Å². The lowest BCUT2D eigenvalue weighted by atomic mass is 10.1. The summed E-state index contributed by atoms with van der Waals surface area (Å²) < 4.78 is 0. The number of rotatable bonds is 2. The van der Waals surface area contributed by atoms with Crippen LogP contribution >= 0.6 is 0 Å². The Bertz CT molecular complexity index is 666. The van der Waals surface area contributed by atoms with E-state index in [0.29, 0.717) is 0 Å². The van der Waals surface area contributed by atoms with E-state index in [2.05, 4.69) is 29.8 Å². The van der Waals surface area contributed by atoms with Crippen molar-refractivity contribution in [1.82, 2.24) is 14.8 Å². The van der Waals surface area contributed by atoms with Gasteiger partial charge in [0.05, 0.1) is 5.56 Å². The number of fused-ring (bicyclic) bond motifs is 1. The molecule has 1 amide bonds. The third-order valence-electron chi connectivity index (χ3n) is 4.55. The monoisotopic (exact) mass is 285 g/mol. The zero-order chi connectivity index (χ0) is 15.0. The average Bonchev–Trinajstić information content (AvgIpc) is 2.84. The first kappa shape index (κ1) is 14.1. The number of aromatic nitrogens is 1. The van der Waals surface area contributed by atoms with E-state index in [1.807, 2.05) is 24.0 Å². The number of amides is 1. The molecule has 2 heterocycles. The number of aryl methyl sites for hydroxylation is 2. The Hall–Kier alpha value is -1.81. The predicted octanol–water partition coefficient (Wildman–Crippen LogP) is 2.56. The molecule has 4 nitrogen and oxygen atoms in total. The minimum atomic E-state index is 0.167. The van der Waals surface area contributed by atoms with E-state index >= 15 is 0 Å². The summed E-state index contributed by atoms with van der Waals surface area (Å²) in [5, 5.41) is 1.05. The highest BCUT2D eigenvalue weighted by atomic mass is 16.2. The minimum absolute atomic E-state index is 0.167. The van der Waals surface area contributed by atoms with Gasteiger partial charge in [-0.05, 0) is 26.0 Å². The molecule has 0 aliphatic carbocycles. The van der Waals surface area contributed by atoms with Crippen molar-refractivity contribution in [2.24, 2.45) is 0 Å². The van der Waals surface area contributed by atoms with Crippen LogP contribution in [0, 0.1) is 13.8 Å². The van der Waals surface area contributed by atoms with Crippen molar-refractivity contribution in [2.75, 3.05) is 32.7 Å². The number of carbonyl (C=O) groups is 1. The zero-order valence-electron chi connectivity index (χ0n) is 13.1. The molecule has 1 aromatic heterocycles. The molecule has 1 saturated heterocycles. The molecular weight excluding hydrogens is 262 g/mol. The number of nitrogens with zero attached hydrogens (tertiary/aromatic N) is 2. The van der Waals surface area contributed by atoms with E-state index in [4.69, 9.17) is 0 Å². The standard InChI is InChI=1S/C17H23N3O/c1-4-19-8-10-20(11-9-19)17(21)15-13(3)18-16-12(2)6-5-7-14(15)16/h5-7,18H,4,8-11H2,1-3H3. The molecule has 1 N–H and O–H groups in total. The van der Waals surface area contributed by atoms with E-state index in [1.165, 1.54) is 5.56 Å². The third-order valence-corrected chi connectivity index (χ3v) is 4.55. The number of para-hydroxylation sites is 1. The van der Waals surface area contributed by atoms with Crippen LogP contribution in [0.25, 0.3) is 10.9 Å². The van der Waals surface area contributed by atoms with Gasteiger partial charge < -0.3 is 14.8 Å². The number of hydrogen-bond acceptors (Lipinski definition) is 2. The summed E-state index contributed by atoms with van der Waals surface area (Å²) in [7, 11) is 0. The first-order valence-electron chi connectivity index (χ1n) is 7.71. The highest BCUT2D eigenvalue weighted by Gasteiger charge is 2.25. The van der Waals surface area contributed by atoms with Gasteiger partial charge in [-0.1, -0.05) is 25.1 Å². The predicted molar refractivity (Wildman–Crippen MR) is 85.8 cm³/mol. The fraction of sp³-hybridized carbons (Fsp3) is 0.471. The van der Waals surface area contributed by atoms with Gasteiger partial charge in [0.2, 0.25) is 0 Å². The smallest absolute Gasteiger partial charge is 0.256 e. The Balaban J connectivity index is 1.92. The lowest BCUT2D eigenvalue weighted by Gasteiger charge is -2.34. The first-order valence-corrected chi connectivity index (χ1v) is 7.71. The number of nitrogens with one attached hydrogen (secondary N) is 1. The van der Waals surface area contributed by atoms with Crippen LogP contribution in [0.3, 0.4) is 0 Å². The normalized spacial score (nSPS) is 16.6. The highest BCUT2D eigenvalue weighted by Crippen LogP contribution is 2.26. The van der Waals surface area contributed by atoms with Gasteiger partial charge in [0.25, 0.3) is 5.91 Å². The molecule has 21 heavy (non-hydrogen) atoms. The molecule has 112 valence electrons. The summed E-state index contributed by atoms with van der Waals surface area (Å²) in [6.45, 7) is 10.9. The maximum atomic E-state index is 12.9. The summed E-state index contributed by atoms with van der Waals surface area (Å²) in [6.07, 6.45) is 0. The van der Waals surface area contributed by atoms with Gasteiger partial charge in [-0.3, -0.25) is 4.79 Å². The zero-order valence-corrected chi connectivity index (χ0v) is 13.1. The highest BCUT2D eigenvalue weighted by molar-refractivity contribution is 6.08. The van der Waals surface area contributed by atoms with Crippen LogP contribution in [-0.4, -0.2) is 53.4 Å². The molecule has 1 aromatic carbocycles. The van der Waals surface area contributed by atoms with Gasteiger partial charge in [0.1, 0.15) is 0 Å². The van der Waals surface area contributed by atoms with Crippen LogP contribution in [-0.2, 0) is 0 Å². The molecule has 0 radical (unpaired) electrons. The molecule has 1 aliphatic heterocycles. The van der Waals surface area contributed by atoms with Gasteiger partial charge in [0.15, 0.2) is 0 Å². The van der Waals surface area contributed by atoms with Gasteiger partial charge in [-0.15, -0.1) is 0 Å². The molecule has 0 saturated carbocycles. The SMILES string of the molecule is CCN1CCN(C(=O)c2c(C)[nH]c3c(C)cccc23)CC1. The van der Waals surface area contributed by atoms with Crippen molar-refractivity contribution in [2.45, 2.75) is 20.8 Å². The number of piperazine rings is 1. The minimum Gasteiger partial charge on any atom is -0.358 e. The van der Waals surface area contributed by atoms with Crippen molar-refractivity contribution >= 4 is 16.8 Å². The third kappa shape index (κ3) is 2.44. The molecule has 3 rings (SSSR count). The van der Waals surface area contributed by atoms with Crippen LogP contribution in [0.5, 0.6) is 0 Å². The second-order valence-corrected chi connectivity index (χ2v) is 5.85. The molecule has 0 bridgehead atoms. The molecule has 0 unspecified atom stereocenters. The summed E-state index contributed by atoms with van der Waals surface area (Å²) in [5.74, 6) is 0.167. The van der Waals surface area contributed by atoms with Crippen molar-refractivity contribution < 1.29 is 4.79 Å². The maximum absolute atomic E-state index is 12.9. The summed E-state index contributed by atoms with van der Waals surface area (Å²) in [6, 6.07) is 6.14. The van der Waals surface area contributed by atoms with E-state index in [-0.39, 0.29) is 5.91 Å². The molecule has 0 atom stereocenters. The largest absolute Gasteiger partial charge is 0.358 e. The summed E-state index contributed by atoms with van der Waals surface area (Å²) >= 11 is 0. The number of likely N-dealkylation sites (N-methyl/N-ethyl adjacent to an activating group) is 1. The Morgan fingerprint density at radius 2 is 1.90 bits per heavy atom. The van der Waals surface area contributed by atoms with Crippen LogP contribution in [0.4, 0.5) is 0 Å². The van der Waals surface area contributed by atoms with Crippen LogP contribution in [0.1, 0.15) is 28.5 Å². The van der Waals surface area contributed by atoms with Crippen LogP contribution < -0.4 is 0 Å². The van der Waals surface area contributed by atoms with Gasteiger partial charge in [-0.25, -0.2) is 0 Å². The summed E-state index contributed by atoms with van der Waals surface area (Å²) in [5.41, 5.74) is 4.09. The first-order chi connectivity index (χ1) is 10.1. The van der Waals surface area contributed by atoms with Gasteiger partial charge in [0, 0.05) is 42.8 Å². The number of benzene rings is 1. The van der Waals surface area contributed by atoms with E-state index < -0.39 is 0 Å². The van der Waals surface area contributed by atoms with Crippen molar-refractivity contribution in [3.05, 3.63) is 35.0 Å². The molecular formula is C17H23N3O.